The first-order valence-electron chi connectivity index (χ1n) is 10.8. The van der Waals surface area contributed by atoms with E-state index in [4.69, 9.17) is 9.47 Å². The Bertz CT molecular complexity index is 1160. The summed E-state index contributed by atoms with van der Waals surface area (Å²) in [5.74, 6) is 0.480. The Morgan fingerprint density at radius 3 is 2.42 bits per heavy atom. The third kappa shape index (κ3) is 4.91. The van der Waals surface area contributed by atoms with Crippen LogP contribution in [-0.4, -0.2) is 50.1 Å². The van der Waals surface area contributed by atoms with E-state index in [2.05, 4.69) is 15.2 Å². The van der Waals surface area contributed by atoms with Crippen molar-refractivity contribution in [3.05, 3.63) is 58.2 Å². The van der Waals surface area contributed by atoms with Crippen LogP contribution in [0, 0.1) is 13.8 Å². The Labute approximate surface area is 197 Å². The second kappa shape index (κ2) is 9.72. The average molecular weight is 466 g/mol. The van der Waals surface area contributed by atoms with Crippen molar-refractivity contribution in [2.75, 3.05) is 43.6 Å². The molecule has 33 heavy (non-hydrogen) atoms. The first-order chi connectivity index (χ1) is 15.9. The molecule has 2 aromatic heterocycles. The van der Waals surface area contributed by atoms with E-state index in [9.17, 15) is 9.59 Å². The predicted molar refractivity (Wildman–Crippen MR) is 131 cm³/mol. The summed E-state index contributed by atoms with van der Waals surface area (Å²) in [6.07, 6.45) is 0. The van der Waals surface area contributed by atoms with Crippen molar-refractivity contribution in [2.24, 2.45) is 0 Å². The summed E-state index contributed by atoms with van der Waals surface area (Å²) in [6, 6.07) is 11.4. The highest BCUT2D eigenvalue weighted by molar-refractivity contribution is 7.18. The van der Waals surface area contributed by atoms with Gasteiger partial charge in [-0.2, -0.15) is 0 Å². The molecule has 8 heteroatoms. The monoisotopic (exact) mass is 465 g/mol. The zero-order chi connectivity index (χ0) is 23.5. The Hall–Kier alpha value is -3.23. The van der Waals surface area contributed by atoms with Crippen LogP contribution >= 0.6 is 11.3 Å². The highest BCUT2D eigenvalue weighted by atomic mass is 32.1. The summed E-state index contributed by atoms with van der Waals surface area (Å²) in [5.41, 5.74) is 4.69. The molecule has 0 radical (unpaired) electrons. The largest absolute Gasteiger partial charge is 0.495 e. The van der Waals surface area contributed by atoms with Gasteiger partial charge in [0.05, 0.1) is 35.9 Å². The standard InChI is InChI=1S/C25H27N3O4S/c1-15-13-21(26-16(2)24(15)31-4)23(30)22-14-20(25(33-22)28-9-11-32-12-10-28)18-5-7-19(8-6-18)27-17(3)29/h5-8,13-14H,9-12H2,1-4H3,(H,27,29). The van der Waals surface area contributed by atoms with Gasteiger partial charge in [-0.15, -0.1) is 11.3 Å². The highest BCUT2D eigenvalue weighted by Gasteiger charge is 2.24. The van der Waals surface area contributed by atoms with Crippen LogP contribution in [0.5, 0.6) is 5.75 Å². The van der Waals surface area contributed by atoms with Gasteiger partial charge >= 0.3 is 0 Å². The fourth-order valence-electron chi connectivity index (χ4n) is 4.01. The van der Waals surface area contributed by atoms with Gasteiger partial charge in [-0.3, -0.25) is 9.59 Å². The van der Waals surface area contributed by atoms with Crippen LogP contribution in [-0.2, 0) is 9.53 Å². The SMILES string of the molecule is COc1c(C)cc(C(=O)c2cc(-c3ccc(NC(C)=O)cc3)c(N3CCOCC3)s2)nc1C. The molecule has 3 aromatic rings. The van der Waals surface area contributed by atoms with E-state index in [1.54, 1.807) is 13.2 Å². The van der Waals surface area contributed by atoms with Crippen LogP contribution in [0.15, 0.2) is 36.4 Å². The number of hydrogen-bond acceptors (Lipinski definition) is 7. The number of nitrogens with one attached hydrogen (secondary N) is 1. The van der Waals surface area contributed by atoms with Gasteiger partial charge in [-0.25, -0.2) is 4.98 Å². The molecule has 0 spiro atoms. The third-order valence-electron chi connectivity index (χ3n) is 5.52. The molecule has 1 fully saturated rings. The Morgan fingerprint density at radius 1 is 1.12 bits per heavy atom. The van der Waals surface area contributed by atoms with E-state index in [-0.39, 0.29) is 11.7 Å². The lowest BCUT2D eigenvalue weighted by atomic mass is 10.1. The summed E-state index contributed by atoms with van der Waals surface area (Å²) in [5, 5.41) is 3.83. The molecule has 0 aliphatic carbocycles. The molecule has 1 amide bonds. The number of amides is 1. The molecule has 1 N–H and O–H groups in total. The van der Waals surface area contributed by atoms with Crippen molar-refractivity contribution in [3.8, 4) is 16.9 Å². The molecule has 4 rings (SSSR count). The highest BCUT2D eigenvalue weighted by Crippen LogP contribution is 2.40. The average Bonchev–Trinajstić information content (AvgIpc) is 3.24. The fourth-order valence-corrected chi connectivity index (χ4v) is 5.19. The zero-order valence-corrected chi connectivity index (χ0v) is 20.0. The molecule has 172 valence electrons. The molecule has 0 saturated carbocycles. The minimum Gasteiger partial charge on any atom is -0.495 e. The van der Waals surface area contributed by atoms with Crippen molar-refractivity contribution in [1.29, 1.82) is 0 Å². The number of aromatic nitrogens is 1. The number of ketones is 1. The number of benzene rings is 1. The molecule has 1 aromatic carbocycles. The number of ether oxygens (including phenoxy) is 2. The van der Waals surface area contributed by atoms with Crippen LogP contribution in [0.1, 0.15) is 33.5 Å². The molecule has 1 saturated heterocycles. The molecule has 0 atom stereocenters. The minimum atomic E-state index is -0.113. The lowest BCUT2D eigenvalue weighted by molar-refractivity contribution is -0.114. The molecule has 0 bridgehead atoms. The maximum Gasteiger partial charge on any atom is 0.221 e. The van der Waals surface area contributed by atoms with Crippen LogP contribution in [0.2, 0.25) is 0 Å². The van der Waals surface area contributed by atoms with E-state index in [0.717, 1.165) is 40.5 Å². The van der Waals surface area contributed by atoms with E-state index in [1.807, 2.05) is 44.2 Å². The lowest BCUT2D eigenvalue weighted by Crippen LogP contribution is -2.35. The second-order valence-electron chi connectivity index (χ2n) is 7.96. The number of hydrogen-bond donors (Lipinski definition) is 1. The Balaban J connectivity index is 1.73. The number of pyridine rings is 1. The van der Waals surface area contributed by atoms with Crippen LogP contribution < -0.4 is 15.0 Å². The molecule has 7 nitrogen and oxygen atoms in total. The lowest BCUT2D eigenvalue weighted by Gasteiger charge is -2.28. The van der Waals surface area contributed by atoms with Crippen LogP contribution in [0.25, 0.3) is 11.1 Å². The quantitative estimate of drug-likeness (QED) is 0.542. The van der Waals surface area contributed by atoms with E-state index >= 15 is 0 Å². The van der Waals surface area contributed by atoms with E-state index in [1.165, 1.54) is 18.3 Å². The molecular weight excluding hydrogens is 438 g/mol. The second-order valence-corrected chi connectivity index (χ2v) is 8.99. The topological polar surface area (TPSA) is 80.8 Å². The first-order valence-corrected chi connectivity index (χ1v) is 11.6. The number of methoxy groups -OCH3 is 1. The summed E-state index contributed by atoms with van der Waals surface area (Å²) in [4.78, 5) is 32.2. The number of morpholine rings is 1. The van der Waals surface area contributed by atoms with Gasteiger partial charge in [0.2, 0.25) is 11.7 Å². The number of anilines is 2. The fraction of sp³-hybridized carbons (Fsp3) is 0.320. The van der Waals surface area contributed by atoms with Crippen molar-refractivity contribution >= 4 is 33.7 Å². The maximum absolute atomic E-state index is 13.4. The van der Waals surface area contributed by atoms with Gasteiger partial charge in [0, 0.05) is 31.3 Å². The van der Waals surface area contributed by atoms with E-state index < -0.39 is 0 Å². The van der Waals surface area contributed by atoms with Gasteiger partial charge in [0.1, 0.15) is 11.4 Å². The van der Waals surface area contributed by atoms with Gasteiger partial charge in [-0.1, -0.05) is 12.1 Å². The van der Waals surface area contributed by atoms with Crippen molar-refractivity contribution in [2.45, 2.75) is 20.8 Å². The number of carbonyl (C=O) groups excluding carboxylic acids is 2. The Kier molecular flexibility index (Phi) is 6.76. The third-order valence-corrected chi connectivity index (χ3v) is 6.71. The molecule has 1 aliphatic heterocycles. The summed E-state index contributed by atoms with van der Waals surface area (Å²) in [6.45, 7) is 8.09. The smallest absolute Gasteiger partial charge is 0.221 e. The number of carbonyl (C=O) groups is 2. The van der Waals surface area contributed by atoms with Gasteiger partial charge in [-0.05, 0) is 49.2 Å². The molecule has 0 unspecified atom stereocenters. The van der Waals surface area contributed by atoms with Crippen molar-refractivity contribution < 1.29 is 19.1 Å². The van der Waals surface area contributed by atoms with Gasteiger partial charge in [0.15, 0.2) is 0 Å². The predicted octanol–water partition coefficient (Wildman–Crippen LogP) is 4.46. The van der Waals surface area contributed by atoms with Crippen LogP contribution in [0.4, 0.5) is 10.7 Å². The van der Waals surface area contributed by atoms with Gasteiger partial charge in [0.25, 0.3) is 0 Å². The molecule has 1 aliphatic rings. The van der Waals surface area contributed by atoms with Crippen molar-refractivity contribution in [1.82, 2.24) is 4.98 Å². The number of aryl methyl sites for hydroxylation is 2. The summed E-state index contributed by atoms with van der Waals surface area (Å²) >= 11 is 1.48. The normalized spacial score (nSPS) is 13.6. The molecular formula is C25H27N3O4S. The summed E-state index contributed by atoms with van der Waals surface area (Å²) < 4.78 is 10.9. The summed E-state index contributed by atoms with van der Waals surface area (Å²) in [7, 11) is 1.61. The molecule has 3 heterocycles. The van der Waals surface area contributed by atoms with Crippen molar-refractivity contribution in [3.63, 3.8) is 0 Å². The first kappa shape index (κ1) is 22.9. The number of rotatable bonds is 6. The minimum absolute atomic E-state index is 0.107. The van der Waals surface area contributed by atoms with Gasteiger partial charge < -0.3 is 19.7 Å². The number of nitrogens with zero attached hydrogens (tertiary/aromatic N) is 2. The number of thiophene rings is 1. The van der Waals surface area contributed by atoms with Crippen LogP contribution in [0.3, 0.4) is 0 Å². The van der Waals surface area contributed by atoms with E-state index in [0.29, 0.717) is 35.2 Å². The Morgan fingerprint density at radius 2 is 1.82 bits per heavy atom. The maximum atomic E-state index is 13.4. The zero-order valence-electron chi connectivity index (χ0n) is 19.2.